The summed E-state index contributed by atoms with van der Waals surface area (Å²) in [4.78, 5) is 9.21. The molecule has 2 aromatic rings. The first-order valence-electron chi connectivity index (χ1n) is 8.08. The fourth-order valence-electron chi connectivity index (χ4n) is 4.73. The smallest absolute Gasteiger partial charge is 0.319 e. The van der Waals surface area contributed by atoms with Crippen molar-refractivity contribution >= 4 is 0 Å². The zero-order chi connectivity index (χ0) is 15.6. The Morgan fingerprint density at radius 2 is 1.61 bits per heavy atom. The summed E-state index contributed by atoms with van der Waals surface area (Å²) in [6.07, 6.45) is 5.93. The number of rotatable bonds is 2. The van der Waals surface area contributed by atoms with Crippen molar-refractivity contribution in [3.8, 4) is 11.9 Å². The van der Waals surface area contributed by atoms with Crippen molar-refractivity contribution in [2.45, 2.75) is 18.3 Å². The number of methoxy groups -OCH3 is 2. The van der Waals surface area contributed by atoms with Crippen LogP contribution in [-0.4, -0.2) is 24.2 Å². The lowest BCUT2D eigenvalue weighted by Gasteiger charge is -2.34. The number of allylic oxidation sites excluding steroid dienone is 2. The molecule has 4 atom stereocenters. The predicted molar refractivity (Wildman–Crippen MR) is 86.0 cm³/mol. The Morgan fingerprint density at radius 3 is 2.30 bits per heavy atom. The number of hydrogen-bond acceptors (Lipinski definition) is 4. The summed E-state index contributed by atoms with van der Waals surface area (Å²) in [6, 6.07) is 9.17. The van der Waals surface area contributed by atoms with Crippen LogP contribution in [0.15, 0.2) is 36.4 Å². The molecule has 1 aromatic carbocycles. The summed E-state index contributed by atoms with van der Waals surface area (Å²) in [5.41, 5.74) is 5.07. The molecule has 4 bridgehead atoms. The van der Waals surface area contributed by atoms with Crippen LogP contribution >= 0.6 is 0 Å². The van der Waals surface area contributed by atoms with E-state index in [1.54, 1.807) is 14.2 Å². The zero-order valence-electron chi connectivity index (χ0n) is 13.2. The Kier molecular flexibility index (Phi) is 2.61. The van der Waals surface area contributed by atoms with Crippen LogP contribution in [-0.2, 0) is 0 Å². The molecule has 0 spiro atoms. The first-order chi connectivity index (χ1) is 11.3. The quantitative estimate of drug-likeness (QED) is 0.799. The molecule has 116 valence electrons. The minimum Gasteiger partial charge on any atom is -0.481 e. The van der Waals surface area contributed by atoms with Gasteiger partial charge in [0, 0.05) is 17.4 Å². The van der Waals surface area contributed by atoms with E-state index >= 15 is 0 Å². The summed E-state index contributed by atoms with van der Waals surface area (Å²) in [5, 5.41) is 0. The topological polar surface area (TPSA) is 44.2 Å². The molecule has 4 nitrogen and oxygen atoms in total. The van der Waals surface area contributed by atoms with Crippen molar-refractivity contribution < 1.29 is 9.47 Å². The van der Waals surface area contributed by atoms with Gasteiger partial charge in [-0.2, -0.15) is 9.97 Å². The first-order valence-corrected chi connectivity index (χ1v) is 8.08. The highest BCUT2D eigenvalue weighted by Gasteiger charge is 2.48. The van der Waals surface area contributed by atoms with Gasteiger partial charge in [-0.05, 0) is 29.4 Å². The Morgan fingerprint density at radius 1 is 0.913 bits per heavy atom. The number of nitrogens with zero attached hydrogens (tertiary/aromatic N) is 2. The monoisotopic (exact) mass is 306 g/mol. The van der Waals surface area contributed by atoms with Crippen molar-refractivity contribution in [1.82, 2.24) is 9.97 Å². The summed E-state index contributed by atoms with van der Waals surface area (Å²) in [6.45, 7) is 0. The summed E-state index contributed by atoms with van der Waals surface area (Å²) in [5.74, 6) is 2.21. The lowest BCUT2D eigenvalue weighted by molar-refractivity contribution is 0.342. The van der Waals surface area contributed by atoms with E-state index in [2.05, 4.69) is 41.4 Å². The Bertz CT molecular complexity index is 830. The molecule has 6 rings (SSSR count). The van der Waals surface area contributed by atoms with Gasteiger partial charge in [-0.25, -0.2) is 0 Å². The second kappa shape index (κ2) is 4.57. The van der Waals surface area contributed by atoms with Gasteiger partial charge in [0.2, 0.25) is 5.88 Å². The van der Waals surface area contributed by atoms with Gasteiger partial charge in [-0.1, -0.05) is 36.4 Å². The van der Waals surface area contributed by atoms with Crippen LogP contribution in [0.3, 0.4) is 0 Å². The number of hydrogen-bond donors (Lipinski definition) is 0. The molecule has 4 heteroatoms. The molecule has 0 radical (unpaired) electrons. The third-order valence-electron chi connectivity index (χ3n) is 5.57. The number of benzene rings is 1. The van der Waals surface area contributed by atoms with E-state index < -0.39 is 0 Å². The normalized spacial score (nSPS) is 29.0. The van der Waals surface area contributed by atoms with Crippen molar-refractivity contribution in [3.63, 3.8) is 0 Å². The molecular weight excluding hydrogens is 288 g/mol. The maximum Gasteiger partial charge on any atom is 0.319 e. The van der Waals surface area contributed by atoms with Gasteiger partial charge in [-0.3, -0.25) is 0 Å². The van der Waals surface area contributed by atoms with Crippen LogP contribution in [0.25, 0.3) is 0 Å². The summed E-state index contributed by atoms with van der Waals surface area (Å²) >= 11 is 0. The van der Waals surface area contributed by atoms with Crippen LogP contribution in [0.5, 0.6) is 11.9 Å². The third kappa shape index (κ3) is 1.61. The highest BCUT2D eigenvalue weighted by molar-refractivity contribution is 5.58. The van der Waals surface area contributed by atoms with Gasteiger partial charge in [0.05, 0.1) is 19.9 Å². The molecule has 23 heavy (non-hydrogen) atoms. The molecule has 0 saturated carbocycles. The van der Waals surface area contributed by atoms with E-state index in [-0.39, 0.29) is 11.8 Å². The Labute approximate surface area is 135 Å². The average Bonchev–Trinajstić information content (AvgIpc) is 2.95. The van der Waals surface area contributed by atoms with Crippen LogP contribution in [0.4, 0.5) is 0 Å². The van der Waals surface area contributed by atoms with E-state index in [4.69, 9.17) is 14.5 Å². The fourth-order valence-corrected chi connectivity index (χ4v) is 4.73. The number of ether oxygens (including phenoxy) is 2. The molecule has 4 aliphatic carbocycles. The van der Waals surface area contributed by atoms with Crippen LogP contribution in [0.2, 0.25) is 0 Å². The third-order valence-corrected chi connectivity index (χ3v) is 5.57. The van der Waals surface area contributed by atoms with Gasteiger partial charge < -0.3 is 9.47 Å². The minimum absolute atomic E-state index is 0.270. The van der Waals surface area contributed by atoms with E-state index in [1.165, 1.54) is 17.5 Å². The molecule has 0 saturated heterocycles. The van der Waals surface area contributed by atoms with E-state index in [0.29, 0.717) is 23.7 Å². The maximum absolute atomic E-state index is 5.63. The van der Waals surface area contributed by atoms with Crippen LogP contribution < -0.4 is 9.47 Å². The Hall–Kier alpha value is -2.36. The molecule has 0 aliphatic heterocycles. The van der Waals surface area contributed by atoms with Gasteiger partial charge in [0.15, 0.2) is 0 Å². The molecule has 0 fully saturated rings. The number of aromatic nitrogens is 2. The molecule has 0 unspecified atom stereocenters. The average molecular weight is 306 g/mol. The van der Waals surface area contributed by atoms with Crippen molar-refractivity contribution in [1.29, 1.82) is 0 Å². The molecular formula is C19H18N2O2. The lowest BCUT2D eigenvalue weighted by atomic mass is 9.71. The molecule has 0 amide bonds. The maximum atomic E-state index is 5.63. The summed E-state index contributed by atoms with van der Waals surface area (Å²) in [7, 11) is 3.29. The Balaban J connectivity index is 1.86. The zero-order valence-corrected chi connectivity index (χ0v) is 13.2. The van der Waals surface area contributed by atoms with Crippen molar-refractivity contribution in [3.05, 3.63) is 58.8 Å². The minimum atomic E-state index is 0.270. The van der Waals surface area contributed by atoms with Gasteiger partial charge in [0.25, 0.3) is 0 Å². The fraction of sp³-hybridized carbons (Fsp3) is 0.368. The van der Waals surface area contributed by atoms with Gasteiger partial charge in [0.1, 0.15) is 0 Å². The highest BCUT2D eigenvalue weighted by atomic mass is 16.5. The SMILES string of the molecule is COc1nc(OC)c2c(n1)[C@@H]1c3ccccc3[C@H]2[C@@H]2C=C[C@H]1C2. The van der Waals surface area contributed by atoms with E-state index in [1.807, 2.05) is 0 Å². The predicted octanol–water partition coefficient (Wildman–Crippen LogP) is 3.28. The molecule has 1 aromatic heterocycles. The van der Waals surface area contributed by atoms with Crippen molar-refractivity contribution in [2.24, 2.45) is 11.8 Å². The highest BCUT2D eigenvalue weighted by Crippen LogP contribution is 2.59. The van der Waals surface area contributed by atoms with Crippen molar-refractivity contribution in [2.75, 3.05) is 14.2 Å². The van der Waals surface area contributed by atoms with Crippen LogP contribution in [0, 0.1) is 11.8 Å². The summed E-state index contributed by atoms with van der Waals surface area (Å²) < 4.78 is 10.9. The van der Waals surface area contributed by atoms with Crippen LogP contribution in [0.1, 0.15) is 40.6 Å². The van der Waals surface area contributed by atoms with E-state index in [0.717, 1.165) is 11.3 Å². The standard InChI is InChI=1S/C19H18N2O2/c1-22-18-16-14-10-7-8-11(9-10)15(13-6-4-3-5-12(13)14)17(16)20-19(21-18)23-2/h3-8,10-11,14-15H,9H2,1-2H3/t10-,11+,14-,15+/m1/s1. The molecule has 1 heterocycles. The molecule has 0 N–H and O–H groups in total. The first kappa shape index (κ1) is 13.1. The molecule has 4 aliphatic rings. The largest absolute Gasteiger partial charge is 0.481 e. The van der Waals surface area contributed by atoms with E-state index in [9.17, 15) is 0 Å². The van der Waals surface area contributed by atoms with Gasteiger partial charge in [-0.15, -0.1) is 0 Å². The van der Waals surface area contributed by atoms with Gasteiger partial charge >= 0.3 is 6.01 Å². The lowest BCUT2D eigenvalue weighted by Crippen LogP contribution is -2.24. The second-order valence-corrected chi connectivity index (χ2v) is 6.55. The second-order valence-electron chi connectivity index (χ2n) is 6.55.